The Hall–Kier alpha value is -1.58. The van der Waals surface area contributed by atoms with E-state index in [9.17, 15) is 9.90 Å². The third kappa shape index (κ3) is 1.77. The summed E-state index contributed by atoms with van der Waals surface area (Å²) in [6, 6.07) is 6.40. The molecular weight excluding hydrogens is 216 g/mol. The molecule has 2 aliphatic heterocycles. The molecule has 0 aliphatic carbocycles. The molecule has 1 N–H and O–H groups in total. The maximum absolute atomic E-state index is 11.2. The molecule has 2 aliphatic rings. The first-order chi connectivity index (χ1) is 8.25. The first-order valence-electron chi connectivity index (χ1n) is 6.18. The van der Waals surface area contributed by atoms with Crippen LogP contribution in [0.15, 0.2) is 24.4 Å². The van der Waals surface area contributed by atoms with Crippen LogP contribution in [0.25, 0.3) is 0 Å². The molecule has 2 atom stereocenters. The molecule has 2 saturated heterocycles. The molecule has 4 heteroatoms. The lowest BCUT2D eigenvalue weighted by atomic mass is 9.88. The van der Waals surface area contributed by atoms with E-state index in [1.54, 1.807) is 4.90 Å². The van der Waals surface area contributed by atoms with Crippen molar-refractivity contribution in [3.63, 3.8) is 0 Å². The second kappa shape index (κ2) is 4.02. The Balaban J connectivity index is 1.80. The fourth-order valence-corrected chi connectivity index (χ4v) is 3.35. The molecule has 2 fully saturated rings. The molecule has 90 valence electrons. The average molecular weight is 232 g/mol. The van der Waals surface area contributed by atoms with Gasteiger partial charge in [0.05, 0.1) is 0 Å². The van der Waals surface area contributed by atoms with Crippen LogP contribution >= 0.6 is 0 Å². The highest BCUT2D eigenvalue weighted by molar-refractivity contribution is 5.66. The Labute approximate surface area is 100 Å². The van der Waals surface area contributed by atoms with E-state index in [2.05, 4.69) is 11.1 Å². The summed E-state index contributed by atoms with van der Waals surface area (Å²) in [6.07, 6.45) is 4.96. The van der Waals surface area contributed by atoms with Gasteiger partial charge in [-0.1, -0.05) is 6.07 Å². The third-order valence-corrected chi connectivity index (χ3v) is 4.06. The zero-order valence-corrected chi connectivity index (χ0v) is 9.62. The van der Waals surface area contributed by atoms with E-state index in [1.165, 1.54) is 0 Å². The van der Waals surface area contributed by atoms with Gasteiger partial charge in [0.25, 0.3) is 0 Å². The molecule has 0 spiro atoms. The summed E-state index contributed by atoms with van der Waals surface area (Å²) in [7, 11) is 0. The number of amides is 1. The highest BCUT2D eigenvalue weighted by atomic mass is 16.4. The minimum atomic E-state index is -0.753. The summed E-state index contributed by atoms with van der Waals surface area (Å²) in [5, 5.41) is 9.19. The van der Waals surface area contributed by atoms with Gasteiger partial charge in [-0.05, 0) is 37.8 Å². The standard InChI is InChI=1S/C13H16N2O2/c16-13(17)15-10-4-5-11(15)8-9(7-10)12-3-1-2-6-14-12/h1-3,6,9-11H,4-5,7-8H2,(H,16,17). The van der Waals surface area contributed by atoms with Crippen LogP contribution in [0, 0.1) is 0 Å². The van der Waals surface area contributed by atoms with Gasteiger partial charge in [0.15, 0.2) is 0 Å². The molecule has 1 aromatic heterocycles. The average Bonchev–Trinajstić information content (AvgIpc) is 2.62. The molecule has 2 bridgehead atoms. The van der Waals surface area contributed by atoms with Gasteiger partial charge < -0.3 is 10.0 Å². The molecular formula is C13H16N2O2. The van der Waals surface area contributed by atoms with Gasteiger partial charge in [-0.15, -0.1) is 0 Å². The number of hydrogen-bond acceptors (Lipinski definition) is 2. The largest absolute Gasteiger partial charge is 0.465 e. The lowest BCUT2D eigenvalue weighted by Gasteiger charge is -2.36. The molecule has 1 amide bonds. The van der Waals surface area contributed by atoms with Crippen molar-refractivity contribution >= 4 is 6.09 Å². The Morgan fingerprint density at radius 1 is 1.29 bits per heavy atom. The zero-order valence-electron chi connectivity index (χ0n) is 9.62. The quantitative estimate of drug-likeness (QED) is 0.809. The summed E-state index contributed by atoms with van der Waals surface area (Å²) < 4.78 is 0. The van der Waals surface area contributed by atoms with Gasteiger partial charge in [0.2, 0.25) is 0 Å². The number of fused-ring (bicyclic) bond motifs is 2. The van der Waals surface area contributed by atoms with Crippen molar-refractivity contribution in [2.45, 2.75) is 43.7 Å². The van der Waals surface area contributed by atoms with E-state index in [1.807, 2.05) is 18.3 Å². The van der Waals surface area contributed by atoms with Crippen LogP contribution in [0.4, 0.5) is 4.79 Å². The molecule has 17 heavy (non-hydrogen) atoms. The van der Waals surface area contributed by atoms with Crippen molar-refractivity contribution in [3.05, 3.63) is 30.1 Å². The van der Waals surface area contributed by atoms with E-state index in [0.717, 1.165) is 31.4 Å². The molecule has 2 unspecified atom stereocenters. The van der Waals surface area contributed by atoms with Crippen LogP contribution in [-0.2, 0) is 0 Å². The van der Waals surface area contributed by atoms with Gasteiger partial charge >= 0.3 is 6.09 Å². The second-order valence-corrected chi connectivity index (χ2v) is 5.00. The monoisotopic (exact) mass is 232 g/mol. The van der Waals surface area contributed by atoms with Gasteiger partial charge in [0, 0.05) is 29.9 Å². The van der Waals surface area contributed by atoms with Crippen molar-refractivity contribution in [1.82, 2.24) is 9.88 Å². The van der Waals surface area contributed by atoms with Crippen LogP contribution in [-0.4, -0.2) is 33.2 Å². The molecule has 0 aromatic carbocycles. The Kier molecular flexibility index (Phi) is 2.50. The smallest absolute Gasteiger partial charge is 0.407 e. The molecule has 1 aromatic rings. The van der Waals surface area contributed by atoms with Crippen LogP contribution < -0.4 is 0 Å². The number of nitrogens with zero attached hydrogens (tertiary/aromatic N) is 2. The number of aromatic nitrogens is 1. The number of pyridine rings is 1. The van der Waals surface area contributed by atoms with Crippen LogP contribution in [0.2, 0.25) is 0 Å². The zero-order chi connectivity index (χ0) is 11.8. The fourth-order valence-electron chi connectivity index (χ4n) is 3.35. The summed E-state index contributed by atoms with van der Waals surface area (Å²) in [5.41, 5.74) is 1.12. The lowest BCUT2D eigenvalue weighted by Crippen LogP contribution is -2.45. The second-order valence-electron chi connectivity index (χ2n) is 5.00. The molecule has 3 rings (SSSR count). The minimum absolute atomic E-state index is 0.207. The first-order valence-corrected chi connectivity index (χ1v) is 6.18. The molecule has 0 radical (unpaired) electrons. The number of carbonyl (C=O) groups is 1. The van der Waals surface area contributed by atoms with Crippen LogP contribution in [0.3, 0.4) is 0 Å². The van der Waals surface area contributed by atoms with Crippen molar-refractivity contribution in [2.75, 3.05) is 0 Å². The third-order valence-electron chi connectivity index (χ3n) is 4.06. The fraction of sp³-hybridized carbons (Fsp3) is 0.538. The van der Waals surface area contributed by atoms with E-state index >= 15 is 0 Å². The Morgan fingerprint density at radius 3 is 2.53 bits per heavy atom. The predicted octanol–water partition coefficient (Wildman–Crippen LogP) is 2.47. The highest BCUT2D eigenvalue weighted by Crippen LogP contribution is 2.42. The van der Waals surface area contributed by atoms with Crippen LogP contribution in [0.5, 0.6) is 0 Å². The van der Waals surface area contributed by atoms with Gasteiger partial charge in [-0.2, -0.15) is 0 Å². The summed E-state index contributed by atoms with van der Waals surface area (Å²) in [4.78, 5) is 17.2. The Morgan fingerprint density at radius 2 is 2.00 bits per heavy atom. The van der Waals surface area contributed by atoms with Crippen molar-refractivity contribution in [3.8, 4) is 0 Å². The number of piperidine rings is 1. The normalized spacial score (nSPS) is 31.5. The first kappa shape index (κ1) is 10.6. The maximum Gasteiger partial charge on any atom is 0.407 e. The van der Waals surface area contributed by atoms with E-state index in [-0.39, 0.29) is 12.1 Å². The Bertz CT molecular complexity index is 407. The number of carboxylic acid groups (broad SMARTS) is 1. The van der Waals surface area contributed by atoms with E-state index < -0.39 is 6.09 Å². The summed E-state index contributed by atoms with van der Waals surface area (Å²) in [5.74, 6) is 0.435. The number of hydrogen-bond donors (Lipinski definition) is 1. The summed E-state index contributed by atoms with van der Waals surface area (Å²) in [6.45, 7) is 0. The molecule has 0 saturated carbocycles. The van der Waals surface area contributed by atoms with Gasteiger partial charge in [-0.3, -0.25) is 4.98 Å². The van der Waals surface area contributed by atoms with Crippen molar-refractivity contribution in [1.29, 1.82) is 0 Å². The van der Waals surface area contributed by atoms with Crippen molar-refractivity contribution in [2.24, 2.45) is 0 Å². The summed E-state index contributed by atoms with van der Waals surface area (Å²) >= 11 is 0. The maximum atomic E-state index is 11.2. The SMILES string of the molecule is O=C(O)N1C2CCC1CC(c1ccccn1)C2. The van der Waals surface area contributed by atoms with E-state index in [4.69, 9.17) is 0 Å². The minimum Gasteiger partial charge on any atom is -0.465 e. The van der Waals surface area contributed by atoms with Gasteiger partial charge in [-0.25, -0.2) is 4.79 Å². The van der Waals surface area contributed by atoms with E-state index in [0.29, 0.717) is 5.92 Å². The van der Waals surface area contributed by atoms with Crippen molar-refractivity contribution < 1.29 is 9.90 Å². The van der Waals surface area contributed by atoms with Gasteiger partial charge in [0.1, 0.15) is 0 Å². The highest BCUT2D eigenvalue weighted by Gasteiger charge is 2.43. The lowest BCUT2D eigenvalue weighted by molar-refractivity contribution is 0.0960. The van der Waals surface area contributed by atoms with Crippen LogP contribution in [0.1, 0.15) is 37.3 Å². The number of rotatable bonds is 1. The predicted molar refractivity (Wildman–Crippen MR) is 62.9 cm³/mol. The molecule has 3 heterocycles. The molecule has 4 nitrogen and oxygen atoms in total. The topological polar surface area (TPSA) is 53.4 Å².